The summed E-state index contributed by atoms with van der Waals surface area (Å²) in [7, 11) is -3.52. The van der Waals surface area contributed by atoms with E-state index in [1.54, 1.807) is 18.2 Å². The first kappa shape index (κ1) is 9.44. The fraction of sp³-hybridized carbons (Fsp3) is 0.167. The summed E-state index contributed by atoms with van der Waals surface area (Å²) in [5.74, 6) is -0.284. The zero-order valence-corrected chi connectivity index (χ0v) is 7.64. The molecule has 4 nitrogen and oxygen atoms in total. The van der Waals surface area contributed by atoms with Gasteiger partial charge in [0.2, 0.25) is 10.0 Å². The number of hydrogen-bond donors (Lipinski definition) is 1. The van der Waals surface area contributed by atoms with E-state index in [1.165, 1.54) is 0 Å². The van der Waals surface area contributed by atoms with E-state index in [4.69, 9.17) is 16.7 Å². The van der Waals surface area contributed by atoms with Crippen LogP contribution in [0.3, 0.4) is 0 Å². The Balaban J connectivity index is 2.91. The van der Waals surface area contributed by atoms with E-state index >= 15 is 0 Å². The Morgan fingerprint density at radius 3 is 2.67 bits per heavy atom. The lowest BCUT2D eigenvalue weighted by molar-refractivity contribution is 0.596. The Kier molecular flexibility index (Phi) is 2.66. The second kappa shape index (κ2) is 3.38. The molecule has 0 aliphatic heterocycles. The van der Waals surface area contributed by atoms with Crippen LogP contribution in [0.15, 0.2) is 18.2 Å². The maximum atomic E-state index is 10.6. The molecule has 0 amide bonds. The lowest BCUT2D eigenvalue weighted by Gasteiger charge is -1.97. The number of pyridine rings is 1. The zero-order valence-electron chi connectivity index (χ0n) is 6.07. The van der Waals surface area contributed by atoms with Crippen LogP contribution < -0.4 is 5.14 Å². The van der Waals surface area contributed by atoms with Crippen molar-refractivity contribution in [3.05, 3.63) is 29.0 Å². The SMILES string of the molecule is NS(=O)(=O)Cc1cccc(Cl)n1. The maximum Gasteiger partial charge on any atom is 0.214 e. The molecular formula is C6H7ClN2O2S. The summed E-state index contributed by atoms with van der Waals surface area (Å²) < 4.78 is 21.2. The van der Waals surface area contributed by atoms with Crippen LogP contribution in [-0.2, 0) is 15.8 Å². The molecule has 0 aromatic carbocycles. The van der Waals surface area contributed by atoms with E-state index < -0.39 is 10.0 Å². The third-order valence-corrected chi connectivity index (χ3v) is 2.03. The third-order valence-electron chi connectivity index (χ3n) is 1.12. The number of primary sulfonamides is 1. The highest BCUT2D eigenvalue weighted by atomic mass is 35.5. The van der Waals surface area contributed by atoms with Crippen molar-refractivity contribution in [3.63, 3.8) is 0 Å². The average molecular weight is 207 g/mol. The van der Waals surface area contributed by atoms with E-state index in [-0.39, 0.29) is 10.9 Å². The largest absolute Gasteiger partial charge is 0.240 e. The van der Waals surface area contributed by atoms with Crippen molar-refractivity contribution in [2.24, 2.45) is 5.14 Å². The number of nitrogens with zero attached hydrogens (tertiary/aromatic N) is 1. The molecule has 1 heterocycles. The van der Waals surface area contributed by atoms with Crippen LogP contribution in [0, 0.1) is 0 Å². The van der Waals surface area contributed by atoms with E-state index in [0.717, 1.165) is 0 Å². The fourth-order valence-electron chi connectivity index (χ4n) is 0.737. The molecule has 0 atom stereocenters. The Labute approximate surface area is 75.4 Å². The molecule has 6 heteroatoms. The summed E-state index contributed by atoms with van der Waals surface area (Å²) in [5.41, 5.74) is 0.352. The van der Waals surface area contributed by atoms with Gasteiger partial charge in [-0.2, -0.15) is 0 Å². The summed E-state index contributed by atoms with van der Waals surface area (Å²) in [6, 6.07) is 4.74. The topological polar surface area (TPSA) is 73.1 Å². The molecule has 1 aromatic heterocycles. The van der Waals surface area contributed by atoms with Crippen LogP contribution in [-0.4, -0.2) is 13.4 Å². The minimum absolute atomic E-state index is 0.260. The number of nitrogens with two attached hydrogens (primary N) is 1. The first-order chi connectivity index (χ1) is 5.47. The Morgan fingerprint density at radius 1 is 1.50 bits per heavy atom. The van der Waals surface area contributed by atoms with Crippen LogP contribution in [0.1, 0.15) is 5.69 Å². The normalized spacial score (nSPS) is 11.5. The molecule has 66 valence electrons. The lowest BCUT2D eigenvalue weighted by Crippen LogP contribution is -2.15. The van der Waals surface area contributed by atoms with E-state index in [2.05, 4.69) is 4.98 Å². The predicted molar refractivity (Wildman–Crippen MR) is 46.1 cm³/mol. The second-order valence-corrected chi connectivity index (χ2v) is 4.26. The van der Waals surface area contributed by atoms with Gasteiger partial charge in [0, 0.05) is 0 Å². The van der Waals surface area contributed by atoms with Crippen molar-refractivity contribution in [1.29, 1.82) is 0 Å². The number of hydrogen-bond acceptors (Lipinski definition) is 3. The van der Waals surface area contributed by atoms with Gasteiger partial charge in [-0.3, -0.25) is 0 Å². The highest BCUT2D eigenvalue weighted by molar-refractivity contribution is 7.88. The molecule has 1 aromatic rings. The summed E-state index contributed by atoms with van der Waals surface area (Å²) in [6.45, 7) is 0. The van der Waals surface area contributed by atoms with Gasteiger partial charge in [-0.25, -0.2) is 18.5 Å². The van der Waals surface area contributed by atoms with Gasteiger partial charge >= 0.3 is 0 Å². The number of aromatic nitrogens is 1. The molecule has 1 rings (SSSR count). The summed E-state index contributed by atoms with van der Waals surface area (Å²) >= 11 is 5.53. The van der Waals surface area contributed by atoms with E-state index in [9.17, 15) is 8.42 Å². The molecule has 0 aliphatic carbocycles. The first-order valence-corrected chi connectivity index (χ1v) is 5.18. The van der Waals surface area contributed by atoms with Gasteiger partial charge in [-0.1, -0.05) is 17.7 Å². The smallest absolute Gasteiger partial charge is 0.214 e. The van der Waals surface area contributed by atoms with Gasteiger partial charge in [0.05, 0.1) is 5.69 Å². The minimum Gasteiger partial charge on any atom is -0.240 e. The lowest BCUT2D eigenvalue weighted by atomic mass is 10.4. The molecule has 0 radical (unpaired) electrons. The molecule has 0 bridgehead atoms. The van der Waals surface area contributed by atoms with Crippen molar-refractivity contribution in [2.45, 2.75) is 5.75 Å². The summed E-state index contributed by atoms with van der Waals surface area (Å²) in [5, 5.41) is 5.07. The van der Waals surface area contributed by atoms with Gasteiger partial charge in [0.15, 0.2) is 0 Å². The Bertz CT molecular complexity index is 377. The Hall–Kier alpha value is -0.650. The molecular weight excluding hydrogens is 200 g/mol. The van der Waals surface area contributed by atoms with Crippen molar-refractivity contribution >= 4 is 21.6 Å². The van der Waals surface area contributed by atoms with Crippen LogP contribution in [0.2, 0.25) is 5.15 Å². The molecule has 0 saturated heterocycles. The van der Waals surface area contributed by atoms with Crippen LogP contribution in [0.25, 0.3) is 0 Å². The van der Waals surface area contributed by atoms with Crippen LogP contribution >= 0.6 is 11.6 Å². The molecule has 2 N–H and O–H groups in total. The maximum absolute atomic E-state index is 10.6. The highest BCUT2D eigenvalue weighted by Crippen LogP contribution is 2.06. The molecule has 12 heavy (non-hydrogen) atoms. The molecule has 0 spiro atoms. The van der Waals surface area contributed by atoms with E-state index in [0.29, 0.717) is 5.69 Å². The second-order valence-electron chi connectivity index (χ2n) is 2.26. The summed E-state index contributed by atoms with van der Waals surface area (Å²) in [4.78, 5) is 3.76. The van der Waals surface area contributed by atoms with Crippen molar-refractivity contribution in [1.82, 2.24) is 4.98 Å². The molecule has 0 aliphatic rings. The molecule has 0 unspecified atom stereocenters. The minimum atomic E-state index is -3.52. The standard InChI is InChI=1S/C6H7ClN2O2S/c7-6-3-1-2-5(9-6)4-12(8,10)11/h1-3H,4H2,(H2,8,10,11). The van der Waals surface area contributed by atoms with Gasteiger partial charge < -0.3 is 0 Å². The fourth-order valence-corrected chi connectivity index (χ4v) is 1.49. The van der Waals surface area contributed by atoms with Crippen LogP contribution in [0.4, 0.5) is 0 Å². The molecule has 0 fully saturated rings. The molecule has 0 saturated carbocycles. The van der Waals surface area contributed by atoms with Gasteiger partial charge in [-0.15, -0.1) is 0 Å². The quantitative estimate of drug-likeness (QED) is 0.718. The van der Waals surface area contributed by atoms with Gasteiger partial charge in [0.1, 0.15) is 10.9 Å². The monoisotopic (exact) mass is 206 g/mol. The summed E-state index contributed by atoms with van der Waals surface area (Å²) in [6.07, 6.45) is 0. The van der Waals surface area contributed by atoms with E-state index in [1.807, 2.05) is 0 Å². The van der Waals surface area contributed by atoms with Gasteiger partial charge in [0.25, 0.3) is 0 Å². The van der Waals surface area contributed by atoms with Gasteiger partial charge in [-0.05, 0) is 12.1 Å². The third kappa shape index (κ3) is 3.17. The van der Waals surface area contributed by atoms with Crippen LogP contribution in [0.5, 0.6) is 0 Å². The predicted octanol–water partition coefficient (Wildman–Crippen LogP) is 0.524. The number of sulfonamides is 1. The van der Waals surface area contributed by atoms with Crippen molar-refractivity contribution in [2.75, 3.05) is 0 Å². The first-order valence-electron chi connectivity index (χ1n) is 3.09. The van der Waals surface area contributed by atoms with Crippen molar-refractivity contribution in [3.8, 4) is 0 Å². The number of rotatable bonds is 2. The highest BCUT2D eigenvalue weighted by Gasteiger charge is 2.05. The number of halogens is 1. The average Bonchev–Trinajstić information content (AvgIpc) is 1.82. The Morgan fingerprint density at radius 2 is 2.17 bits per heavy atom. The zero-order chi connectivity index (χ0) is 9.19. The van der Waals surface area contributed by atoms with Crippen molar-refractivity contribution < 1.29 is 8.42 Å².